The van der Waals surface area contributed by atoms with E-state index in [9.17, 15) is 0 Å². The molecule has 0 N–H and O–H groups in total. The average molecular weight is 274 g/mol. The van der Waals surface area contributed by atoms with E-state index < -0.39 is 0 Å². The molecular formula is C11H16BrNS. The summed E-state index contributed by atoms with van der Waals surface area (Å²) in [6.07, 6.45) is 2.77. The average Bonchev–Trinajstić information content (AvgIpc) is 2.52. The molecule has 0 amide bonds. The maximum absolute atomic E-state index is 3.59. The molecule has 1 unspecified atom stereocenters. The summed E-state index contributed by atoms with van der Waals surface area (Å²) in [5.74, 6) is 0.877. The molecule has 2 heterocycles. The zero-order chi connectivity index (χ0) is 9.97. The second-order valence-electron chi connectivity index (χ2n) is 4.17. The first kappa shape index (κ1) is 10.7. The first-order chi connectivity index (χ1) is 6.75. The minimum atomic E-state index is 0.877. The van der Waals surface area contributed by atoms with Gasteiger partial charge in [-0.25, -0.2) is 0 Å². The van der Waals surface area contributed by atoms with Gasteiger partial charge in [0.05, 0.1) is 0 Å². The molecule has 1 atom stereocenters. The van der Waals surface area contributed by atoms with E-state index in [-0.39, 0.29) is 0 Å². The minimum absolute atomic E-state index is 0.877. The predicted octanol–water partition coefficient (Wildman–Crippen LogP) is 3.74. The second kappa shape index (κ2) is 4.77. The highest BCUT2D eigenvalue weighted by molar-refractivity contribution is 9.10. The van der Waals surface area contributed by atoms with Gasteiger partial charge in [-0.2, -0.15) is 0 Å². The van der Waals surface area contributed by atoms with Crippen molar-refractivity contribution < 1.29 is 0 Å². The SMILES string of the molecule is CC1CCCN(Cc2sccc2Br)C1. The number of hydrogen-bond donors (Lipinski definition) is 0. The van der Waals surface area contributed by atoms with Crippen molar-refractivity contribution >= 4 is 27.3 Å². The topological polar surface area (TPSA) is 3.24 Å². The third-order valence-electron chi connectivity index (χ3n) is 2.80. The molecule has 0 saturated carbocycles. The lowest BCUT2D eigenvalue weighted by atomic mass is 10.0. The van der Waals surface area contributed by atoms with Crippen LogP contribution in [0.4, 0.5) is 0 Å². The van der Waals surface area contributed by atoms with Crippen LogP contribution in [0.25, 0.3) is 0 Å². The van der Waals surface area contributed by atoms with Crippen molar-refractivity contribution in [2.45, 2.75) is 26.3 Å². The van der Waals surface area contributed by atoms with Crippen LogP contribution in [0.2, 0.25) is 0 Å². The van der Waals surface area contributed by atoms with Crippen LogP contribution in [0, 0.1) is 5.92 Å². The molecule has 0 bridgehead atoms. The Morgan fingerprint density at radius 3 is 3.14 bits per heavy atom. The normalized spacial score (nSPS) is 24.0. The zero-order valence-electron chi connectivity index (χ0n) is 8.50. The Kier molecular flexibility index (Phi) is 3.63. The van der Waals surface area contributed by atoms with Crippen LogP contribution in [0.15, 0.2) is 15.9 Å². The highest BCUT2D eigenvalue weighted by Crippen LogP contribution is 2.26. The minimum Gasteiger partial charge on any atom is -0.298 e. The van der Waals surface area contributed by atoms with Gasteiger partial charge in [0.1, 0.15) is 0 Å². The van der Waals surface area contributed by atoms with Crippen molar-refractivity contribution in [2.75, 3.05) is 13.1 Å². The van der Waals surface area contributed by atoms with Crippen LogP contribution in [0.3, 0.4) is 0 Å². The van der Waals surface area contributed by atoms with Crippen LogP contribution in [-0.4, -0.2) is 18.0 Å². The molecule has 1 aromatic rings. The molecule has 14 heavy (non-hydrogen) atoms. The van der Waals surface area contributed by atoms with Gasteiger partial charge >= 0.3 is 0 Å². The van der Waals surface area contributed by atoms with Gasteiger partial charge in [0, 0.05) is 22.4 Å². The Balaban J connectivity index is 1.94. The number of nitrogens with zero attached hydrogens (tertiary/aromatic N) is 1. The van der Waals surface area contributed by atoms with Gasteiger partial charge in [0.15, 0.2) is 0 Å². The molecule has 1 nitrogen and oxygen atoms in total. The van der Waals surface area contributed by atoms with E-state index >= 15 is 0 Å². The Morgan fingerprint density at radius 1 is 1.64 bits per heavy atom. The van der Waals surface area contributed by atoms with Crippen LogP contribution in [-0.2, 0) is 6.54 Å². The Morgan fingerprint density at radius 2 is 2.50 bits per heavy atom. The molecule has 0 aliphatic carbocycles. The molecule has 2 rings (SSSR count). The van der Waals surface area contributed by atoms with Gasteiger partial charge in [-0.15, -0.1) is 11.3 Å². The molecular weight excluding hydrogens is 258 g/mol. The van der Waals surface area contributed by atoms with Crippen LogP contribution < -0.4 is 0 Å². The number of likely N-dealkylation sites (tertiary alicyclic amines) is 1. The molecule has 78 valence electrons. The number of thiophene rings is 1. The smallest absolute Gasteiger partial charge is 0.0339 e. The fourth-order valence-electron chi connectivity index (χ4n) is 2.07. The standard InChI is InChI=1S/C11H16BrNS/c1-9-3-2-5-13(7-9)8-11-10(12)4-6-14-11/h4,6,9H,2-3,5,7-8H2,1H3. The second-order valence-corrected chi connectivity index (χ2v) is 6.03. The summed E-state index contributed by atoms with van der Waals surface area (Å²) in [5, 5.41) is 2.16. The van der Waals surface area contributed by atoms with E-state index in [0.717, 1.165) is 12.5 Å². The fourth-order valence-corrected chi connectivity index (χ4v) is 3.59. The van der Waals surface area contributed by atoms with E-state index in [0.29, 0.717) is 0 Å². The fraction of sp³-hybridized carbons (Fsp3) is 0.636. The first-order valence-corrected chi connectivity index (χ1v) is 6.87. The van der Waals surface area contributed by atoms with Crippen molar-refractivity contribution in [3.8, 4) is 0 Å². The number of halogens is 1. The first-order valence-electron chi connectivity index (χ1n) is 5.20. The van der Waals surface area contributed by atoms with Gasteiger partial charge in [0.25, 0.3) is 0 Å². The molecule has 3 heteroatoms. The third kappa shape index (κ3) is 2.59. The molecule has 1 aliphatic heterocycles. The highest BCUT2D eigenvalue weighted by atomic mass is 79.9. The van der Waals surface area contributed by atoms with Crippen molar-refractivity contribution in [1.29, 1.82) is 0 Å². The van der Waals surface area contributed by atoms with E-state index in [1.54, 1.807) is 0 Å². The Bertz CT molecular complexity index is 297. The Labute approximate surface area is 98.2 Å². The molecule has 0 spiro atoms. The summed E-state index contributed by atoms with van der Waals surface area (Å²) in [7, 11) is 0. The van der Waals surface area contributed by atoms with E-state index in [1.165, 1.54) is 35.3 Å². The van der Waals surface area contributed by atoms with E-state index in [4.69, 9.17) is 0 Å². The largest absolute Gasteiger partial charge is 0.298 e. The summed E-state index contributed by atoms with van der Waals surface area (Å²) in [6, 6.07) is 2.15. The van der Waals surface area contributed by atoms with E-state index in [1.807, 2.05) is 11.3 Å². The summed E-state index contributed by atoms with van der Waals surface area (Å²) in [5.41, 5.74) is 0. The highest BCUT2D eigenvalue weighted by Gasteiger charge is 2.17. The van der Waals surface area contributed by atoms with Crippen molar-refractivity contribution in [3.63, 3.8) is 0 Å². The van der Waals surface area contributed by atoms with Gasteiger partial charge in [0.2, 0.25) is 0 Å². The predicted molar refractivity (Wildman–Crippen MR) is 65.7 cm³/mol. The van der Waals surface area contributed by atoms with Crippen molar-refractivity contribution in [3.05, 3.63) is 20.8 Å². The quantitative estimate of drug-likeness (QED) is 0.794. The third-order valence-corrected chi connectivity index (χ3v) is 4.71. The number of rotatable bonds is 2. The Hall–Kier alpha value is 0.140. The summed E-state index contributed by atoms with van der Waals surface area (Å²) >= 11 is 5.45. The molecule has 1 fully saturated rings. The van der Waals surface area contributed by atoms with Gasteiger partial charge in [-0.1, -0.05) is 6.92 Å². The molecule has 0 radical (unpaired) electrons. The molecule has 1 aliphatic rings. The molecule has 1 saturated heterocycles. The maximum Gasteiger partial charge on any atom is 0.0339 e. The van der Waals surface area contributed by atoms with Crippen molar-refractivity contribution in [2.24, 2.45) is 5.92 Å². The zero-order valence-corrected chi connectivity index (χ0v) is 10.9. The van der Waals surface area contributed by atoms with E-state index in [2.05, 4.69) is 39.2 Å². The summed E-state index contributed by atoms with van der Waals surface area (Å²) in [6.45, 7) is 6.03. The van der Waals surface area contributed by atoms with Crippen LogP contribution in [0.1, 0.15) is 24.6 Å². The van der Waals surface area contributed by atoms with Gasteiger partial charge in [-0.3, -0.25) is 4.90 Å². The maximum atomic E-state index is 3.59. The van der Waals surface area contributed by atoms with Gasteiger partial charge < -0.3 is 0 Å². The van der Waals surface area contributed by atoms with Crippen molar-refractivity contribution in [1.82, 2.24) is 4.90 Å². The monoisotopic (exact) mass is 273 g/mol. The lowest BCUT2D eigenvalue weighted by molar-refractivity contribution is 0.178. The lowest BCUT2D eigenvalue weighted by Gasteiger charge is -2.30. The number of hydrogen-bond acceptors (Lipinski definition) is 2. The molecule has 0 aromatic carbocycles. The van der Waals surface area contributed by atoms with Crippen LogP contribution in [0.5, 0.6) is 0 Å². The van der Waals surface area contributed by atoms with Crippen LogP contribution >= 0.6 is 27.3 Å². The van der Waals surface area contributed by atoms with Gasteiger partial charge in [-0.05, 0) is 52.7 Å². The number of piperidine rings is 1. The molecule has 1 aromatic heterocycles. The summed E-state index contributed by atoms with van der Waals surface area (Å²) in [4.78, 5) is 4.05. The lowest BCUT2D eigenvalue weighted by Crippen LogP contribution is -2.33. The summed E-state index contributed by atoms with van der Waals surface area (Å²) < 4.78 is 1.28.